The molecular formula is C25H26ClN7O3. The van der Waals surface area contributed by atoms with E-state index in [9.17, 15) is 9.59 Å². The van der Waals surface area contributed by atoms with Crippen molar-refractivity contribution in [3.63, 3.8) is 0 Å². The molecule has 1 aliphatic heterocycles. The highest BCUT2D eigenvalue weighted by molar-refractivity contribution is 6.31. The number of ether oxygens (including phenoxy) is 1. The van der Waals surface area contributed by atoms with Gasteiger partial charge in [0.05, 0.1) is 19.0 Å². The van der Waals surface area contributed by atoms with Gasteiger partial charge in [0.25, 0.3) is 5.91 Å². The van der Waals surface area contributed by atoms with Gasteiger partial charge in [0, 0.05) is 42.3 Å². The Morgan fingerprint density at radius 1 is 1.28 bits per heavy atom. The summed E-state index contributed by atoms with van der Waals surface area (Å²) in [6.45, 7) is 5.77. The number of benzene rings is 1. The van der Waals surface area contributed by atoms with E-state index in [4.69, 9.17) is 16.3 Å². The number of aromatic nitrogens is 5. The third kappa shape index (κ3) is 4.64. The third-order valence-electron chi connectivity index (χ3n) is 6.28. The molecule has 0 atom stereocenters. The van der Waals surface area contributed by atoms with E-state index in [1.54, 1.807) is 50.0 Å². The first-order valence-corrected chi connectivity index (χ1v) is 11.9. The van der Waals surface area contributed by atoms with Gasteiger partial charge in [-0.1, -0.05) is 25.4 Å². The van der Waals surface area contributed by atoms with Crippen LogP contribution >= 0.6 is 11.6 Å². The van der Waals surface area contributed by atoms with Crippen molar-refractivity contribution >= 4 is 34.7 Å². The molecule has 0 unspecified atom stereocenters. The molecule has 10 nitrogen and oxygen atoms in total. The molecule has 3 aromatic heterocycles. The smallest absolute Gasteiger partial charge is 0.261 e. The number of nitrogens with one attached hydrogen (secondary N) is 1. The maximum atomic E-state index is 13.2. The van der Waals surface area contributed by atoms with Crippen molar-refractivity contribution in [3.05, 3.63) is 59.6 Å². The molecule has 11 heteroatoms. The van der Waals surface area contributed by atoms with E-state index >= 15 is 0 Å². The fourth-order valence-electron chi connectivity index (χ4n) is 4.40. The molecule has 1 saturated heterocycles. The quantitative estimate of drug-likeness (QED) is 0.426. The van der Waals surface area contributed by atoms with Crippen LogP contribution in [0.25, 0.3) is 16.9 Å². The van der Waals surface area contributed by atoms with Crippen LogP contribution in [-0.2, 0) is 11.3 Å². The van der Waals surface area contributed by atoms with Crippen molar-refractivity contribution in [3.8, 4) is 17.0 Å². The Hall–Kier alpha value is -3.92. The van der Waals surface area contributed by atoms with E-state index < -0.39 is 5.91 Å². The normalized spacial score (nSPS) is 14.8. The zero-order valence-electron chi connectivity index (χ0n) is 20.2. The average Bonchev–Trinajstić information content (AvgIpc) is 3.55. The van der Waals surface area contributed by atoms with Crippen LogP contribution in [0.2, 0.25) is 5.02 Å². The van der Waals surface area contributed by atoms with Gasteiger partial charge >= 0.3 is 0 Å². The van der Waals surface area contributed by atoms with Crippen LogP contribution in [0.4, 0.5) is 5.69 Å². The highest BCUT2D eigenvalue weighted by Gasteiger charge is 2.32. The van der Waals surface area contributed by atoms with Gasteiger partial charge in [0.15, 0.2) is 5.65 Å². The van der Waals surface area contributed by atoms with Crippen molar-refractivity contribution in [2.75, 3.05) is 25.5 Å². The van der Waals surface area contributed by atoms with Crippen molar-refractivity contribution in [1.29, 1.82) is 0 Å². The second-order valence-electron chi connectivity index (χ2n) is 9.56. The SMILES string of the molecule is COc1ccc(Cl)cc1-c1nn(CC(=O)N2CCC(C)(C)C2)cc1NC(=O)c1cnn2cccnc12. The summed E-state index contributed by atoms with van der Waals surface area (Å²) in [6, 6.07) is 6.88. The number of hydrogen-bond acceptors (Lipinski definition) is 6. The summed E-state index contributed by atoms with van der Waals surface area (Å²) in [6.07, 6.45) is 7.37. The predicted molar refractivity (Wildman–Crippen MR) is 135 cm³/mol. The van der Waals surface area contributed by atoms with E-state index in [0.717, 1.165) is 6.42 Å². The van der Waals surface area contributed by atoms with Crippen molar-refractivity contribution in [1.82, 2.24) is 29.3 Å². The van der Waals surface area contributed by atoms with Gasteiger partial charge in [-0.2, -0.15) is 10.2 Å². The number of halogens is 1. The number of carbonyl (C=O) groups excluding carboxylic acids is 2. The molecular weight excluding hydrogens is 482 g/mol. The number of rotatable bonds is 6. The van der Waals surface area contributed by atoms with Crippen LogP contribution in [0.3, 0.4) is 0 Å². The molecule has 186 valence electrons. The number of fused-ring (bicyclic) bond motifs is 1. The molecule has 4 heterocycles. The van der Waals surface area contributed by atoms with Gasteiger partial charge in [0.2, 0.25) is 5.91 Å². The first-order chi connectivity index (χ1) is 17.2. The molecule has 1 fully saturated rings. The van der Waals surface area contributed by atoms with Crippen molar-refractivity contribution < 1.29 is 14.3 Å². The minimum Gasteiger partial charge on any atom is -0.496 e. The zero-order valence-corrected chi connectivity index (χ0v) is 21.0. The fraction of sp³-hybridized carbons (Fsp3) is 0.320. The lowest BCUT2D eigenvalue weighted by Crippen LogP contribution is -2.33. The molecule has 4 aromatic rings. The number of anilines is 1. The minimum atomic E-state index is -0.405. The molecule has 2 amide bonds. The number of likely N-dealkylation sites (tertiary alicyclic amines) is 1. The van der Waals surface area contributed by atoms with Crippen LogP contribution in [-0.4, -0.2) is 61.3 Å². The van der Waals surface area contributed by atoms with Crippen LogP contribution in [0, 0.1) is 5.41 Å². The number of nitrogens with zero attached hydrogens (tertiary/aromatic N) is 6. The van der Waals surface area contributed by atoms with E-state index in [0.29, 0.717) is 52.0 Å². The first-order valence-electron chi connectivity index (χ1n) is 11.5. The molecule has 36 heavy (non-hydrogen) atoms. The standard InChI is InChI=1S/C25H26ClN7O3/c1-25(2)7-10-31(15-25)21(34)14-32-13-19(22(30-32)17-11-16(26)5-6-20(17)36-3)29-24(35)18-12-28-33-9-4-8-27-23(18)33/h4-6,8-9,11-13H,7,10,14-15H2,1-3H3,(H,29,35). The lowest BCUT2D eigenvalue weighted by atomic mass is 9.93. The summed E-state index contributed by atoms with van der Waals surface area (Å²) in [7, 11) is 1.55. The van der Waals surface area contributed by atoms with Gasteiger partial charge in [-0.25, -0.2) is 9.50 Å². The first kappa shape index (κ1) is 23.8. The second-order valence-corrected chi connectivity index (χ2v) is 10.00. The Morgan fingerprint density at radius 3 is 2.86 bits per heavy atom. The number of amides is 2. The maximum absolute atomic E-state index is 13.2. The van der Waals surface area contributed by atoms with E-state index in [2.05, 4.69) is 34.3 Å². The molecule has 5 rings (SSSR count). The molecule has 0 spiro atoms. The number of carbonyl (C=O) groups is 2. The Morgan fingerprint density at radius 2 is 2.11 bits per heavy atom. The predicted octanol–water partition coefficient (Wildman–Crippen LogP) is 3.77. The lowest BCUT2D eigenvalue weighted by Gasteiger charge is -2.19. The largest absolute Gasteiger partial charge is 0.496 e. The molecule has 1 N–H and O–H groups in total. The average molecular weight is 508 g/mol. The molecule has 1 aliphatic rings. The number of methoxy groups -OCH3 is 1. The molecule has 0 aliphatic carbocycles. The summed E-state index contributed by atoms with van der Waals surface area (Å²) < 4.78 is 8.58. The van der Waals surface area contributed by atoms with Gasteiger partial charge in [-0.05, 0) is 36.1 Å². The van der Waals surface area contributed by atoms with Crippen LogP contribution < -0.4 is 10.1 Å². The summed E-state index contributed by atoms with van der Waals surface area (Å²) in [5.41, 5.74) is 2.26. The summed E-state index contributed by atoms with van der Waals surface area (Å²) in [4.78, 5) is 32.3. The highest BCUT2D eigenvalue weighted by atomic mass is 35.5. The van der Waals surface area contributed by atoms with E-state index in [-0.39, 0.29) is 17.9 Å². The maximum Gasteiger partial charge on any atom is 0.261 e. The summed E-state index contributed by atoms with van der Waals surface area (Å²) >= 11 is 6.27. The second kappa shape index (κ2) is 9.27. The van der Waals surface area contributed by atoms with Gasteiger partial charge in [-0.3, -0.25) is 14.3 Å². The molecule has 0 saturated carbocycles. The Labute approximate surface area is 212 Å². The fourth-order valence-corrected chi connectivity index (χ4v) is 4.57. The Bertz CT molecular complexity index is 1460. The Kier molecular flexibility index (Phi) is 6.13. The number of hydrogen-bond donors (Lipinski definition) is 1. The van der Waals surface area contributed by atoms with E-state index in [1.165, 1.54) is 15.4 Å². The minimum absolute atomic E-state index is 0.0302. The van der Waals surface area contributed by atoms with Crippen molar-refractivity contribution in [2.45, 2.75) is 26.8 Å². The van der Waals surface area contributed by atoms with Gasteiger partial charge in [-0.15, -0.1) is 0 Å². The molecule has 0 bridgehead atoms. The van der Waals surface area contributed by atoms with Gasteiger partial charge in [0.1, 0.15) is 23.6 Å². The zero-order chi connectivity index (χ0) is 25.4. The monoisotopic (exact) mass is 507 g/mol. The lowest BCUT2D eigenvalue weighted by molar-refractivity contribution is -0.131. The summed E-state index contributed by atoms with van der Waals surface area (Å²) in [5, 5.41) is 12.2. The van der Waals surface area contributed by atoms with Crippen molar-refractivity contribution in [2.24, 2.45) is 5.41 Å². The Balaban J connectivity index is 1.49. The van der Waals surface area contributed by atoms with E-state index in [1.807, 2.05) is 4.90 Å². The van der Waals surface area contributed by atoms with Crippen LogP contribution in [0.1, 0.15) is 30.6 Å². The van der Waals surface area contributed by atoms with Crippen LogP contribution in [0.5, 0.6) is 5.75 Å². The summed E-state index contributed by atoms with van der Waals surface area (Å²) in [5.74, 6) is 0.0981. The highest BCUT2D eigenvalue weighted by Crippen LogP contribution is 2.36. The topological polar surface area (TPSA) is 107 Å². The van der Waals surface area contributed by atoms with Crippen LogP contribution in [0.15, 0.2) is 49.1 Å². The molecule has 1 aromatic carbocycles. The molecule has 0 radical (unpaired) electrons. The van der Waals surface area contributed by atoms with Gasteiger partial charge < -0.3 is 15.0 Å². The third-order valence-corrected chi connectivity index (χ3v) is 6.51.